The number of quaternary nitrogens is 1. The highest BCUT2D eigenvalue weighted by molar-refractivity contribution is 5.33. The number of pyridine rings is 1. The molecule has 84 valence electrons. The lowest BCUT2D eigenvalue weighted by Gasteiger charge is -1.96. The molecule has 2 nitrogen and oxygen atoms in total. The molecule has 0 aliphatic carbocycles. The second-order valence-corrected chi connectivity index (χ2v) is 3.73. The Kier molecular flexibility index (Phi) is 4.33. The van der Waals surface area contributed by atoms with Gasteiger partial charge in [0.2, 0.25) is 0 Å². The predicted molar refractivity (Wildman–Crippen MR) is 68.1 cm³/mol. The molecule has 0 spiro atoms. The highest BCUT2D eigenvalue weighted by Crippen LogP contribution is 1.94. The van der Waals surface area contributed by atoms with Crippen molar-refractivity contribution in [3.63, 3.8) is 0 Å². The zero-order valence-electron chi connectivity index (χ0n) is 9.63. The number of hydrogen-bond acceptors (Lipinski definition) is 1. The molecular formula is C15H15N2+. The normalized spacial score (nSPS) is 9.41. The summed E-state index contributed by atoms with van der Waals surface area (Å²) in [6.07, 6.45) is 3.68. The SMILES string of the molecule is C(#Cc1ccccc1)C[NH2+]Cc1cccnc1. The highest BCUT2D eigenvalue weighted by atomic mass is 14.8. The number of nitrogens with zero attached hydrogens (tertiary/aromatic N) is 1. The minimum Gasteiger partial charge on any atom is -0.332 e. The van der Waals surface area contributed by atoms with Gasteiger partial charge in [0.05, 0.1) is 0 Å². The maximum absolute atomic E-state index is 4.08. The van der Waals surface area contributed by atoms with Crippen molar-refractivity contribution in [1.29, 1.82) is 0 Å². The Hall–Kier alpha value is -2.11. The van der Waals surface area contributed by atoms with E-state index in [0.29, 0.717) is 0 Å². The third-order valence-electron chi connectivity index (χ3n) is 2.36. The van der Waals surface area contributed by atoms with E-state index in [9.17, 15) is 0 Å². The van der Waals surface area contributed by atoms with Crippen molar-refractivity contribution in [2.45, 2.75) is 6.54 Å². The van der Waals surface area contributed by atoms with E-state index in [1.165, 1.54) is 5.56 Å². The van der Waals surface area contributed by atoms with Crippen molar-refractivity contribution in [1.82, 2.24) is 4.98 Å². The van der Waals surface area contributed by atoms with Crippen LogP contribution in [-0.4, -0.2) is 11.5 Å². The molecule has 0 amide bonds. The summed E-state index contributed by atoms with van der Waals surface area (Å²) in [5.41, 5.74) is 2.30. The number of aromatic nitrogens is 1. The van der Waals surface area contributed by atoms with Crippen LogP contribution in [0.15, 0.2) is 54.9 Å². The van der Waals surface area contributed by atoms with Crippen LogP contribution in [0.2, 0.25) is 0 Å². The van der Waals surface area contributed by atoms with E-state index in [1.807, 2.05) is 42.6 Å². The van der Waals surface area contributed by atoms with Crippen LogP contribution in [0.1, 0.15) is 11.1 Å². The molecule has 0 fully saturated rings. The summed E-state index contributed by atoms with van der Waals surface area (Å²) in [4.78, 5) is 4.08. The fourth-order valence-corrected chi connectivity index (χ4v) is 1.50. The van der Waals surface area contributed by atoms with Crippen molar-refractivity contribution in [3.05, 3.63) is 66.0 Å². The first kappa shape index (κ1) is 11.4. The van der Waals surface area contributed by atoms with E-state index in [2.05, 4.69) is 28.2 Å². The fraction of sp³-hybridized carbons (Fsp3) is 0.133. The van der Waals surface area contributed by atoms with Gasteiger partial charge in [-0.2, -0.15) is 0 Å². The molecule has 2 rings (SSSR count). The van der Waals surface area contributed by atoms with Crippen molar-refractivity contribution >= 4 is 0 Å². The lowest BCUT2D eigenvalue weighted by Crippen LogP contribution is -2.82. The Morgan fingerprint density at radius 2 is 1.94 bits per heavy atom. The maximum Gasteiger partial charge on any atom is 0.138 e. The third-order valence-corrected chi connectivity index (χ3v) is 2.36. The lowest BCUT2D eigenvalue weighted by atomic mass is 10.2. The summed E-state index contributed by atoms with van der Waals surface area (Å²) in [5.74, 6) is 6.28. The molecule has 0 unspecified atom stereocenters. The van der Waals surface area contributed by atoms with Gasteiger partial charge in [0.15, 0.2) is 0 Å². The Morgan fingerprint density at radius 1 is 1.06 bits per heavy atom. The number of rotatable bonds is 3. The van der Waals surface area contributed by atoms with Crippen LogP contribution < -0.4 is 5.32 Å². The smallest absolute Gasteiger partial charge is 0.138 e. The first-order valence-electron chi connectivity index (χ1n) is 5.69. The molecule has 1 heterocycles. The second-order valence-electron chi connectivity index (χ2n) is 3.73. The van der Waals surface area contributed by atoms with Gasteiger partial charge in [-0.25, -0.2) is 0 Å². The minimum atomic E-state index is 0.809. The Bertz CT molecular complexity index is 495. The molecule has 2 aromatic rings. The summed E-state index contributed by atoms with van der Waals surface area (Å²) in [7, 11) is 0. The predicted octanol–water partition coefficient (Wildman–Crippen LogP) is 1.20. The van der Waals surface area contributed by atoms with Crippen LogP contribution in [0.3, 0.4) is 0 Å². The van der Waals surface area contributed by atoms with E-state index in [1.54, 1.807) is 6.20 Å². The van der Waals surface area contributed by atoms with Gasteiger partial charge in [0, 0.05) is 23.5 Å². The second kappa shape index (κ2) is 6.47. The van der Waals surface area contributed by atoms with Crippen LogP contribution in [0.4, 0.5) is 0 Å². The van der Waals surface area contributed by atoms with Crippen LogP contribution in [-0.2, 0) is 6.54 Å². The van der Waals surface area contributed by atoms with E-state index < -0.39 is 0 Å². The summed E-state index contributed by atoms with van der Waals surface area (Å²) < 4.78 is 0. The minimum absolute atomic E-state index is 0.809. The largest absolute Gasteiger partial charge is 0.332 e. The van der Waals surface area contributed by atoms with Gasteiger partial charge in [-0.3, -0.25) is 4.98 Å². The quantitative estimate of drug-likeness (QED) is 0.615. The van der Waals surface area contributed by atoms with Crippen LogP contribution >= 0.6 is 0 Å². The Balaban J connectivity index is 1.76. The van der Waals surface area contributed by atoms with Crippen molar-refractivity contribution in [2.75, 3.05) is 6.54 Å². The molecule has 2 N–H and O–H groups in total. The van der Waals surface area contributed by atoms with Gasteiger partial charge in [-0.15, -0.1) is 0 Å². The average molecular weight is 223 g/mol. The van der Waals surface area contributed by atoms with E-state index in [-0.39, 0.29) is 0 Å². The summed E-state index contributed by atoms with van der Waals surface area (Å²) in [6.45, 7) is 1.74. The van der Waals surface area contributed by atoms with Gasteiger partial charge in [0.1, 0.15) is 13.1 Å². The van der Waals surface area contributed by atoms with E-state index >= 15 is 0 Å². The molecule has 0 aliphatic heterocycles. The summed E-state index contributed by atoms with van der Waals surface area (Å²) in [5, 5.41) is 2.17. The van der Waals surface area contributed by atoms with Crippen LogP contribution in [0.25, 0.3) is 0 Å². The van der Waals surface area contributed by atoms with Gasteiger partial charge in [-0.1, -0.05) is 30.2 Å². The van der Waals surface area contributed by atoms with Gasteiger partial charge in [0.25, 0.3) is 0 Å². The summed E-state index contributed by atoms with van der Waals surface area (Å²) in [6, 6.07) is 14.1. The van der Waals surface area contributed by atoms with Crippen molar-refractivity contribution in [3.8, 4) is 11.8 Å². The molecule has 17 heavy (non-hydrogen) atoms. The molecule has 1 aromatic heterocycles. The standard InChI is InChI=1S/C15H14N2/c1-2-6-14(7-3-1)8-4-10-16-12-15-9-5-11-17-13-15/h1-3,5-7,9,11,13,16H,10,12H2/p+1. The van der Waals surface area contributed by atoms with Gasteiger partial charge >= 0.3 is 0 Å². The molecule has 0 saturated carbocycles. The molecule has 0 saturated heterocycles. The van der Waals surface area contributed by atoms with Crippen molar-refractivity contribution < 1.29 is 5.32 Å². The van der Waals surface area contributed by atoms with Crippen LogP contribution in [0.5, 0.6) is 0 Å². The molecule has 0 atom stereocenters. The number of hydrogen-bond donors (Lipinski definition) is 1. The van der Waals surface area contributed by atoms with Crippen molar-refractivity contribution in [2.24, 2.45) is 0 Å². The topological polar surface area (TPSA) is 29.5 Å². The zero-order chi connectivity index (χ0) is 11.8. The monoisotopic (exact) mass is 223 g/mol. The molecule has 1 aromatic carbocycles. The zero-order valence-corrected chi connectivity index (χ0v) is 9.63. The van der Waals surface area contributed by atoms with Gasteiger partial charge < -0.3 is 5.32 Å². The maximum atomic E-state index is 4.08. The Morgan fingerprint density at radius 3 is 2.71 bits per heavy atom. The molecule has 0 radical (unpaired) electrons. The first-order valence-corrected chi connectivity index (χ1v) is 5.69. The highest BCUT2D eigenvalue weighted by Gasteiger charge is 1.91. The fourth-order valence-electron chi connectivity index (χ4n) is 1.50. The van der Waals surface area contributed by atoms with Crippen LogP contribution in [0, 0.1) is 11.8 Å². The average Bonchev–Trinajstić information content (AvgIpc) is 2.41. The third kappa shape index (κ3) is 4.10. The molecule has 0 bridgehead atoms. The number of benzene rings is 1. The summed E-state index contributed by atoms with van der Waals surface area (Å²) >= 11 is 0. The molecule has 0 aliphatic rings. The van der Waals surface area contributed by atoms with E-state index in [4.69, 9.17) is 0 Å². The first-order chi connectivity index (χ1) is 8.45. The molecular weight excluding hydrogens is 208 g/mol. The molecule has 2 heteroatoms. The number of nitrogens with two attached hydrogens (primary N) is 1. The van der Waals surface area contributed by atoms with E-state index in [0.717, 1.165) is 18.7 Å². The van der Waals surface area contributed by atoms with Gasteiger partial charge in [-0.05, 0) is 24.1 Å². The lowest BCUT2D eigenvalue weighted by molar-refractivity contribution is -0.660. The Labute approximate surface area is 102 Å².